The quantitative estimate of drug-likeness (QED) is 0.856. The first-order valence-corrected chi connectivity index (χ1v) is 6.42. The van der Waals surface area contributed by atoms with E-state index in [9.17, 15) is 5.11 Å². The predicted octanol–water partition coefficient (Wildman–Crippen LogP) is 4.10. The highest BCUT2D eigenvalue weighted by molar-refractivity contribution is 5.41. The number of aromatic hydroxyl groups is 1. The van der Waals surface area contributed by atoms with E-state index in [0.29, 0.717) is 5.75 Å². The standard InChI is InChI=1S/C17H20O/c1-12-6-4-7-13(2)16(12)11-10-15-9-5-8-14(3)17(15)18/h4-9,18H,10-11H2,1-3H3. The van der Waals surface area contributed by atoms with E-state index >= 15 is 0 Å². The lowest BCUT2D eigenvalue weighted by atomic mass is 9.95. The number of hydrogen-bond acceptors (Lipinski definition) is 1. The molecule has 0 atom stereocenters. The fourth-order valence-electron chi connectivity index (χ4n) is 2.42. The second-order valence-electron chi connectivity index (χ2n) is 4.95. The summed E-state index contributed by atoms with van der Waals surface area (Å²) in [5.74, 6) is 0.448. The first kappa shape index (κ1) is 12.7. The van der Waals surface area contributed by atoms with Crippen molar-refractivity contribution in [3.8, 4) is 5.75 Å². The highest BCUT2D eigenvalue weighted by Gasteiger charge is 2.06. The minimum Gasteiger partial charge on any atom is -0.507 e. The van der Waals surface area contributed by atoms with Gasteiger partial charge in [0.25, 0.3) is 0 Å². The van der Waals surface area contributed by atoms with Gasteiger partial charge in [0, 0.05) is 0 Å². The van der Waals surface area contributed by atoms with Crippen molar-refractivity contribution in [2.75, 3.05) is 0 Å². The summed E-state index contributed by atoms with van der Waals surface area (Å²) in [6.07, 6.45) is 1.87. The maximum Gasteiger partial charge on any atom is 0.121 e. The van der Waals surface area contributed by atoms with E-state index in [1.54, 1.807) is 0 Å². The molecule has 0 aliphatic carbocycles. The van der Waals surface area contributed by atoms with Crippen LogP contribution >= 0.6 is 0 Å². The van der Waals surface area contributed by atoms with Gasteiger partial charge in [-0.25, -0.2) is 0 Å². The van der Waals surface area contributed by atoms with Crippen molar-refractivity contribution in [2.24, 2.45) is 0 Å². The topological polar surface area (TPSA) is 20.2 Å². The minimum absolute atomic E-state index is 0.448. The lowest BCUT2D eigenvalue weighted by molar-refractivity contribution is 0.463. The summed E-state index contributed by atoms with van der Waals surface area (Å²) in [7, 11) is 0. The molecule has 1 nitrogen and oxygen atoms in total. The summed E-state index contributed by atoms with van der Waals surface area (Å²) >= 11 is 0. The Labute approximate surface area is 109 Å². The maximum atomic E-state index is 10.0. The van der Waals surface area contributed by atoms with E-state index in [2.05, 4.69) is 32.0 Å². The van der Waals surface area contributed by atoms with Gasteiger partial charge in [-0.05, 0) is 61.4 Å². The highest BCUT2D eigenvalue weighted by atomic mass is 16.3. The van der Waals surface area contributed by atoms with Gasteiger partial charge >= 0.3 is 0 Å². The Hall–Kier alpha value is -1.76. The van der Waals surface area contributed by atoms with E-state index < -0.39 is 0 Å². The highest BCUT2D eigenvalue weighted by Crippen LogP contribution is 2.24. The largest absolute Gasteiger partial charge is 0.507 e. The van der Waals surface area contributed by atoms with Crippen LogP contribution in [0.1, 0.15) is 27.8 Å². The Balaban J connectivity index is 2.19. The summed E-state index contributed by atoms with van der Waals surface area (Å²) in [6, 6.07) is 12.4. The molecule has 94 valence electrons. The fraction of sp³-hybridized carbons (Fsp3) is 0.294. The molecular formula is C17H20O. The summed E-state index contributed by atoms with van der Waals surface area (Å²) in [5, 5.41) is 10.0. The molecule has 0 aromatic heterocycles. The monoisotopic (exact) mass is 240 g/mol. The van der Waals surface area contributed by atoms with Gasteiger partial charge in [-0.1, -0.05) is 36.4 Å². The van der Waals surface area contributed by atoms with Crippen molar-refractivity contribution in [1.29, 1.82) is 0 Å². The fourth-order valence-corrected chi connectivity index (χ4v) is 2.42. The van der Waals surface area contributed by atoms with E-state index in [4.69, 9.17) is 0 Å². The molecule has 0 fully saturated rings. The van der Waals surface area contributed by atoms with Crippen molar-refractivity contribution in [3.05, 3.63) is 64.2 Å². The lowest BCUT2D eigenvalue weighted by Crippen LogP contribution is -1.98. The summed E-state index contributed by atoms with van der Waals surface area (Å²) < 4.78 is 0. The van der Waals surface area contributed by atoms with Gasteiger partial charge in [0.15, 0.2) is 0 Å². The minimum atomic E-state index is 0.448. The van der Waals surface area contributed by atoms with Crippen LogP contribution in [0.2, 0.25) is 0 Å². The zero-order chi connectivity index (χ0) is 13.1. The van der Waals surface area contributed by atoms with Crippen LogP contribution < -0.4 is 0 Å². The van der Waals surface area contributed by atoms with Gasteiger partial charge in [0.1, 0.15) is 5.75 Å². The average molecular weight is 240 g/mol. The predicted molar refractivity (Wildman–Crippen MR) is 76.2 cm³/mol. The van der Waals surface area contributed by atoms with E-state index in [0.717, 1.165) is 24.0 Å². The Morgan fingerprint density at radius 1 is 0.778 bits per heavy atom. The average Bonchev–Trinajstić information content (AvgIpc) is 2.33. The molecule has 0 spiro atoms. The first-order valence-electron chi connectivity index (χ1n) is 6.42. The molecule has 2 aromatic carbocycles. The second kappa shape index (κ2) is 5.26. The van der Waals surface area contributed by atoms with Crippen LogP contribution in [0.15, 0.2) is 36.4 Å². The van der Waals surface area contributed by atoms with Crippen molar-refractivity contribution >= 4 is 0 Å². The number of aryl methyl sites for hydroxylation is 4. The Kier molecular flexibility index (Phi) is 3.71. The van der Waals surface area contributed by atoms with Gasteiger partial charge in [-0.15, -0.1) is 0 Å². The third-order valence-corrected chi connectivity index (χ3v) is 3.61. The number of phenolic OH excluding ortho intramolecular Hbond substituents is 1. The molecule has 0 bridgehead atoms. The Morgan fingerprint density at radius 2 is 1.33 bits per heavy atom. The summed E-state index contributed by atoms with van der Waals surface area (Å²) in [6.45, 7) is 6.24. The van der Waals surface area contributed by atoms with Gasteiger partial charge in [-0.3, -0.25) is 0 Å². The molecule has 0 unspecified atom stereocenters. The lowest BCUT2D eigenvalue weighted by Gasteiger charge is -2.11. The van der Waals surface area contributed by atoms with Gasteiger partial charge in [0.2, 0.25) is 0 Å². The van der Waals surface area contributed by atoms with Crippen molar-refractivity contribution in [3.63, 3.8) is 0 Å². The number of para-hydroxylation sites is 1. The van der Waals surface area contributed by atoms with E-state index in [1.807, 2.05) is 25.1 Å². The maximum absolute atomic E-state index is 10.0. The van der Waals surface area contributed by atoms with Crippen LogP contribution in [0.4, 0.5) is 0 Å². The van der Waals surface area contributed by atoms with Gasteiger partial charge in [0.05, 0.1) is 0 Å². The molecule has 2 aromatic rings. The molecule has 0 aliphatic rings. The molecule has 0 saturated carbocycles. The molecule has 1 heteroatoms. The van der Waals surface area contributed by atoms with Gasteiger partial charge < -0.3 is 5.11 Å². The SMILES string of the molecule is Cc1cccc(CCc2c(C)cccc2C)c1O. The molecule has 1 N–H and O–H groups in total. The Morgan fingerprint density at radius 3 is 2.00 bits per heavy atom. The second-order valence-corrected chi connectivity index (χ2v) is 4.95. The molecule has 0 aliphatic heterocycles. The van der Waals surface area contributed by atoms with Crippen molar-refractivity contribution in [1.82, 2.24) is 0 Å². The number of hydrogen-bond donors (Lipinski definition) is 1. The van der Waals surface area contributed by atoms with E-state index in [1.165, 1.54) is 16.7 Å². The smallest absolute Gasteiger partial charge is 0.121 e. The molecule has 18 heavy (non-hydrogen) atoms. The third kappa shape index (κ3) is 2.56. The van der Waals surface area contributed by atoms with Crippen LogP contribution in [-0.2, 0) is 12.8 Å². The molecule has 2 rings (SSSR count). The number of benzene rings is 2. The molecule has 0 heterocycles. The zero-order valence-corrected chi connectivity index (χ0v) is 11.3. The van der Waals surface area contributed by atoms with Crippen LogP contribution in [0.5, 0.6) is 5.75 Å². The number of rotatable bonds is 3. The van der Waals surface area contributed by atoms with Crippen molar-refractivity contribution < 1.29 is 5.11 Å². The summed E-state index contributed by atoms with van der Waals surface area (Å²) in [5.41, 5.74) is 6.06. The van der Waals surface area contributed by atoms with E-state index in [-0.39, 0.29) is 0 Å². The normalized spacial score (nSPS) is 10.6. The summed E-state index contributed by atoms with van der Waals surface area (Å²) in [4.78, 5) is 0. The molecular weight excluding hydrogens is 220 g/mol. The van der Waals surface area contributed by atoms with Crippen LogP contribution in [0.25, 0.3) is 0 Å². The Bertz CT molecular complexity index is 535. The van der Waals surface area contributed by atoms with Crippen LogP contribution in [0.3, 0.4) is 0 Å². The zero-order valence-electron chi connectivity index (χ0n) is 11.3. The van der Waals surface area contributed by atoms with Gasteiger partial charge in [-0.2, -0.15) is 0 Å². The van der Waals surface area contributed by atoms with Crippen molar-refractivity contribution in [2.45, 2.75) is 33.6 Å². The molecule has 0 radical (unpaired) electrons. The van der Waals surface area contributed by atoms with Crippen LogP contribution in [0, 0.1) is 20.8 Å². The number of phenols is 1. The molecule has 0 amide bonds. The molecule has 0 saturated heterocycles. The first-order chi connectivity index (χ1) is 8.59. The van der Waals surface area contributed by atoms with Crippen LogP contribution in [-0.4, -0.2) is 5.11 Å². The third-order valence-electron chi connectivity index (χ3n) is 3.61.